The number of aromatic nitrogens is 3. The van der Waals surface area contributed by atoms with Crippen molar-refractivity contribution in [1.29, 1.82) is 0 Å². The number of nitrogens with one attached hydrogen (secondary N) is 3. The first-order valence-electron chi connectivity index (χ1n) is 6.15. The van der Waals surface area contributed by atoms with Gasteiger partial charge in [0.25, 0.3) is 0 Å². The van der Waals surface area contributed by atoms with Crippen LogP contribution >= 0.6 is 0 Å². The first kappa shape index (κ1) is 11.2. The molecule has 2 aromatic rings. The summed E-state index contributed by atoms with van der Waals surface area (Å²) in [7, 11) is 0. The molecule has 94 valence electrons. The van der Waals surface area contributed by atoms with Gasteiger partial charge in [-0.2, -0.15) is 4.98 Å². The van der Waals surface area contributed by atoms with Gasteiger partial charge >= 0.3 is 5.69 Å². The van der Waals surface area contributed by atoms with Crippen LogP contribution < -0.4 is 16.3 Å². The molecule has 1 aliphatic heterocycles. The van der Waals surface area contributed by atoms with Crippen LogP contribution in [0.25, 0.3) is 11.0 Å². The molecule has 2 aromatic heterocycles. The van der Waals surface area contributed by atoms with E-state index >= 15 is 0 Å². The maximum Gasteiger partial charge on any atom is 0.348 e. The van der Waals surface area contributed by atoms with E-state index in [0.717, 1.165) is 24.9 Å². The summed E-state index contributed by atoms with van der Waals surface area (Å²) >= 11 is 0. The van der Waals surface area contributed by atoms with Crippen LogP contribution in [0.3, 0.4) is 0 Å². The van der Waals surface area contributed by atoms with Crippen LogP contribution in [0.15, 0.2) is 23.1 Å². The van der Waals surface area contributed by atoms with Crippen molar-refractivity contribution < 1.29 is 0 Å². The average Bonchev–Trinajstić information content (AvgIpc) is 2.89. The molecule has 1 unspecified atom stereocenters. The lowest BCUT2D eigenvalue weighted by molar-refractivity contribution is 0.632. The zero-order valence-corrected chi connectivity index (χ0v) is 9.94. The van der Waals surface area contributed by atoms with Gasteiger partial charge in [0.05, 0.1) is 5.39 Å². The third kappa shape index (κ3) is 2.19. The standard InChI is InChI=1S/C12H15N5O/c18-12-16-10-9(4-2-6-14-10)11(17-12)15-7-8-3-1-5-13-8/h2,4,6,8,13H,1,3,5,7H2,(H2,14,15,16,17,18). The number of hydrogen-bond donors (Lipinski definition) is 3. The second-order valence-corrected chi connectivity index (χ2v) is 4.46. The van der Waals surface area contributed by atoms with E-state index in [1.54, 1.807) is 6.20 Å². The Morgan fingerprint density at radius 2 is 2.44 bits per heavy atom. The van der Waals surface area contributed by atoms with Gasteiger partial charge in [0.2, 0.25) is 0 Å². The van der Waals surface area contributed by atoms with E-state index in [0.29, 0.717) is 17.5 Å². The topological polar surface area (TPSA) is 82.7 Å². The molecular weight excluding hydrogens is 230 g/mol. The number of anilines is 1. The zero-order chi connectivity index (χ0) is 12.4. The lowest BCUT2D eigenvalue weighted by atomic mass is 10.2. The predicted octanol–water partition coefficient (Wildman–Crippen LogP) is 0.482. The van der Waals surface area contributed by atoms with Crippen LogP contribution in [0.2, 0.25) is 0 Å². The van der Waals surface area contributed by atoms with E-state index in [2.05, 4.69) is 25.6 Å². The summed E-state index contributed by atoms with van der Waals surface area (Å²) in [6.45, 7) is 1.85. The molecule has 1 fully saturated rings. The number of rotatable bonds is 3. The number of hydrogen-bond acceptors (Lipinski definition) is 5. The van der Waals surface area contributed by atoms with Crippen molar-refractivity contribution in [2.45, 2.75) is 18.9 Å². The van der Waals surface area contributed by atoms with Gasteiger partial charge in [0, 0.05) is 18.8 Å². The van der Waals surface area contributed by atoms with E-state index in [9.17, 15) is 4.79 Å². The molecule has 1 atom stereocenters. The molecule has 3 rings (SSSR count). The minimum atomic E-state index is -0.372. The third-order valence-electron chi connectivity index (χ3n) is 3.18. The Morgan fingerprint density at radius 1 is 1.50 bits per heavy atom. The minimum Gasteiger partial charge on any atom is -0.368 e. The summed E-state index contributed by atoms with van der Waals surface area (Å²) in [6.07, 6.45) is 4.02. The predicted molar refractivity (Wildman–Crippen MR) is 69.7 cm³/mol. The monoisotopic (exact) mass is 245 g/mol. The molecule has 0 radical (unpaired) electrons. The second kappa shape index (κ2) is 4.73. The number of aromatic amines is 1. The van der Waals surface area contributed by atoms with Crippen LogP contribution in [-0.2, 0) is 0 Å². The lowest BCUT2D eigenvalue weighted by Crippen LogP contribution is -2.30. The highest BCUT2D eigenvalue weighted by molar-refractivity contribution is 5.85. The van der Waals surface area contributed by atoms with Gasteiger partial charge in [0.15, 0.2) is 0 Å². The molecule has 6 nitrogen and oxygen atoms in total. The van der Waals surface area contributed by atoms with Crippen LogP contribution in [0, 0.1) is 0 Å². The Labute approximate surface area is 104 Å². The summed E-state index contributed by atoms with van der Waals surface area (Å²) in [6, 6.07) is 4.19. The van der Waals surface area contributed by atoms with Gasteiger partial charge in [-0.15, -0.1) is 0 Å². The highest BCUT2D eigenvalue weighted by Crippen LogP contribution is 2.15. The highest BCUT2D eigenvalue weighted by atomic mass is 16.1. The van der Waals surface area contributed by atoms with E-state index in [1.807, 2.05) is 12.1 Å². The van der Waals surface area contributed by atoms with Gasteiger partial charge in [0.1, 0.15) is 11.5 Å². The van der Waals surface area contributed by atoms with Gasteiger partial charge < -0.3 is 10.6 Å². The summed E-state index contributed by atoms with van der Waals surface area (Å²) in [4.78, 5) is 22.2. The van der Waals surface area contributed by atoms with Crippen LogP contribution in [0.5, 0.6) is 0 Å². The largest absolute Gasteiger partial charge is 0.368 e. The molecule has 1 saturated heterocycles. The Hall–Kier alpha value is -1.95. The molecule has 0 bridgehead atoms. The molecule has 0 amide bonds. The van der Waals surface area contributed by atoms with Crippen molar-refractivity contribution in [2.24, 2.45) is 0 Å². The number of pyridine rings is 1. The Kier molecular flexibility index (Phi) is 2.93. The van der Waals surface area contributed by atoms with E-state index in [4.69, 9.17) is 0 Å². The molecule has 0 aliphatic carbocycles. The molecule has 0 spiro atoms. The van der Waals surface area contributed by atoms with Crippen LogP contribution in [-0.4, -0.2) is 34.1 Å². The summed E-state index contributed by atoms with van der Waals surface area (Å²) < 4.78 is 0. The molecule has 3 N–H and O–H groups in total. The van der Waals surface area contributed by atoms with Crippen LogP contribution in [0.4, 0.5) is 5.82 Å². The fourth-order valence-electron chi connectivity index (χ4n) is 2.27. The molecule has 18 heavy (non-hydrogen) atoms. The van der Waals surface area contributed by atoms with Gasteiger partial charge in [-0.3, -0.25) is 4.98 Å². The van der Waals surface area contributed by atoms with Crippen LogP contribution in [0.1, 0.15) is 12.8 Å². The Balaban J connectivity index is 1.88. The maximum atomic E-state index is 11.4. The molecule has 1 aliphatic rings. The van der Waals surface area contributed by atoms with E-state index < -0.39 is 0 Å². The molecule has 0 aromatic carbocycles. The molecule has 0 saturated carbocycles. The van der Waals surface area contributed by atoms with Gasteiger partial charge in [-0.1, -0.05) is 0 Å². The first-order valence-corrected chi connectivity index (χ1v) is 6.15. The third-order valence-corrected chi connectivity index (χ3v) is 3.18. The molecular formula is C12H15N5O. The van der Waals surface area contributed by atoms with Crippen molar-refractivity contribution in [3.8, 4) is 0 Å². The number of fused-ring (bicyclic) bond motifs is 1. The maximum absolute atomic E-state index is 11.4. The van der Waals surface area contributed by atoms with E-state index in [-0.39, 0.29) is 5.69 Å². The highest BCUT2D eigenvalue weighted by Gasteiger charge is 2.14. The van der Waals surface area contributed by atoms with E-state index in [1.165, 1.54) is 6.42 Å². The SMILES string of the molecule is O=c1nc(NCC2CCCN2)c2cccnc2[nH]1. The Bertz CT molecular complexity index is 603. The minimum absolute atomic E-state index is 0.372. The molecule has 6 heteroatoms. The normalized spacial score (nSPS) is 19.2. The zero-order valence-electron chi connectivity index (χ0n) is 9.94. The fourth-order valence-corrected chi connectivity index (χ4v) is 2.27. The fraction of sp³-hybridized carbons (Fsp3) is 0.417. The van der Waals surface area contributed by atoms with Crippen molar-refractivity contribution in [2.75, 3.05) is 18.4 Å². The quantitative estimate of drug-likeness (QED) is 0.732. The number of nitrogens with zero attached hydrogens (tertiary/aromatic N) is 2. The van der Waals surface area contributed by atoms with Gasteiger partial charge in [-0.25, -0.2) is 9.78 Å². The smallest absolute Gasteiger partial charge is 0.348 e. The van der Waals surface area contributed by atoms with Crippen molar-refractivity contribution >= 4 is 16.9 Å². The summed E-state index contributed by atoms with van der Waals surface area (Å²) in [5, 5.41) is 7.48. The van der Waals surface area contributed by atoms with Crippen molar-refractivity contribution in [3.05, 3.63) is 28.8 Å². The van der Waals surface area contributed by atoms with Gasteiger partial charge in [-0.05, 0) is 31.5 Å². The molecule has 3 heterocycles. The summed E-state index contributed by atoms with van der Waals surface area (Å²) in [5.41, 5.74) is 0.197. The lowest BCUT2D eigenvalue weighted by Gasteiger charge is -2.12. The van der Waals surface area contributed by atoms with Crippen molar-refractivity contribution in [3.63, 3.8) is 0 Å². The Morgan fingerprint density at radius 3 is 3.28 bits per heavy atom. The first-order chi connectivity index (χ1) is 8.83. The average molecular weight is 245 g/mol. The number of H-pyrrole nitrogens is 1. The second-order valence-electron chi connectivity index (χ2n) is 4.46. The summed E-state index contributed by atoms with van der Waals surface area (Å²) in [5.74, 6) is 0.607. The van der Waals surface area contributed by atoms with Crippen molar-refractivity contribution in [1.82, 2.24) is 20.3 Å².